The van der Waals surface area contributed by atoms with Crippen molar-refractivity contribution < 1.29 is 9.90 Å². The molecule has 5 nitrogen and oxygen atoms in total. The Kier molecular flexibility index (Phi) is 4.08. The van der Waals surface area contributed by atoms with Crippen LogP contribution in [0.5, 0.6) is 5.75 Å². The van der Waals surface area contributed by atoms with Gasteiger partial charge in [-0.25, -0.2) is 0 Å². The summed E-state index contributed by atoms with van der Waals surface area (Å²) in [5.74, 6) is -0.285. The Morgan fingerprint density at radius 2 is 2.20 bits per heavy atom. The number of amides is 1. The number of aryl methyl sites for hydroxylation is 3. The number of hydrogen-bond acceptors (Lipinski definition) is 3. The van der Waals surface area contributed by atoms with Gasteiger partial charge in [0.1, 0.15) is 5.75 Å². The summed E-state index contributed by atoms with van der Waals surface area (Å²) >= 11 is 0. The summed E-state index contributed by atoms with van der Waals surface area (Å²) in [7, 11) is 1.86. The highest BCUT2D eigenvalue weighted by Crippen LogP contribution is 2.18. The number of carbonyl (C=O) groups excluding carboxylic acids is 1. The molecular formula is C15H19N3O2. The Labute approximate surface area is 118 Å². The molecule has 1 amide bonds. The van der Waals surface area contributed by atoms with Crippen LogP contribution in [0.2, 0.25) is 0 Å². The number of nitrogens with zero attached hydrogens (tertiary/aromatic N) is 2. The maximum absolute atomic E-state index is 12.1. The molecule has 1 aromatic carbocycles. The molecule has 2 N–H and O–H groups in total. The number of aromatic nitrogens is 2. The van der Waals surface area contributed by atoms with Crippen molar-refractivity contribution in [3.8, 4) is 5.75 Å². The van der Waals surface area contributed by atoms with E-state index in [0.717, 1.165) is 23.2 Å². The molecule has 2 aromatic rings. The lowest BCUT2D eigenvalue weighted by Crippen LogP contribution is -2.23. The third-order valence-corrected chi connectivity index (χ3v) is 3.16. The standard InChI is InChI=1S/C15H19N3O2/c1-4-13-11(9-18(3)17-13)8-16-15(20)12-7-10(2)5-6-14(12)19/h5-7,9,19H,4,8H2,1-3H3,(H,16,20). The highest BCUT2D eigenvalue weighted by Gasteiger charge is 2.12. The smallest absolute Gasteiger partial charge is 0.255 e. The van der Waals surface area contributed by atoms with Crippen LogP contribution in [0, 0.1) is 6.92 Å². The molecule has 0 aliphatic rings. The lowest BCUT2D eigenvalue weighted by atomic mass is 10.1. The molecule has 0 radical (unpaired) electrons. The largest absolute Gasteiger partial charge is 0.507 e. The van der Waals surface area contributed by atoms with Crippen LogP contribution in [0.3, 0.4) is 0 Å². The summed E-state index contributed by atoms with van der Waals surface area (Å²) in [6.45, 7) is 4.32. The molecule has 2 rings (SSSR count). The lowest BCUT2D eigenvalue weighted by Gasteiger charge is -2.07. The molecule has 0 atom stereocenters. The quantitative estimate of drug-likeness (QED) is 0.894. The Bertz CT molecular complexity index is 632. The van der Waals surface area contributed by atoms with Crippen molar-refractivity contribution in [2.24, 2.45) is 7.05 Å². The zero-order valence-electron chi connectivity index (χ0n) is 12.0. The first-order valence-corrected chi connectivity index (χ1v) is 6.60. The third kappa shape index (κ3) is 2.99. The van der Waals surface area contributed by atoms with E-state index in [4.69, 9.17) is 0 Å². The summed E-state index contributed by atoms with van der Waals surface area (Å²) in [5.41, 5.74) is 3.20. The Hall–Kier alpha value is -2.30. The summed E-state index contributed by atoms with van der Waals surface area (Å²) in [5, 5.41) is 16.9. The van der Waals surface area contributed by atoms with Crippen molar-refractivity contribution in [2.75, 3.05) is 0 Å². The van der Waals surface area contributed by atoms with E-state index in [0.29, 0.717) is 12.1 Å². The molecule has 0 fully saturated rings. The van der Waals surface area contributed by atoms with Gasteiger partial charge in [-0.2, -0.15) is 5.10 Å². The second kappa shape index (κ2) is 5.77. The summed E-state index contributed by atoms with van der Waals surface area (Å²) in [6.07, 6.45) is 2.72. The highest BCUT2D eigenvalue weighted by atomic mass is 16.3. The molecule has 20 heavy (non-hydrogen) atoms. The molecule has 0 aliphatic carbocycles. The van der Waals surface area contributed by atoms with Crippen LogP contribution in [0.15, 0.2) is 24.4 Å². The van der Waals surface area contributed by atoms with Crippen molar-refractivity contribution in [1.29, 1.82) is 0 Å². The molecule has 0 saturated heterocycles. The Balaban J connectivity index is 2.10. The van der Waals surface area contributed by atoms with Crippen molar-refractivity contribution >= 4 is 5.91 Å². The number of carbonyl (C=O) groups is 1. The van der Waals surface area contributed by atoms with Gasteiger partial charge in [0.2, 0.25) is 0 Å². The number of rotatable bonds is 4. The van der Waals surface area contributed by atoms with E-state index in [1.165, 1.54) is 6.07 Å². The van der Waals surface area contributed by atoms with Gasteiger partial charge >= 0.3 is 0 Å². The van der Waals surface area contributed by atoms with Gasteiger partial charge in [0, 0.05) is 25.4 Å². The van der Waals surface area contributed by atoms with Crippen LogP contribution in [-0.4, -0.2) is 20.8 Å². The number of hydrogen-bond donors (Lipinski definition) is 2. The Morgan fingerprint density at radius 3 is 2.90 bits per heavy atom. The van der Waals surface area contributed by atoms with Crippen LogP contribution < -0.4 is 5.32 Å². The third-order valence-electron chi connectivity index (χ3n) is 3.16. The predicted octanol–water partition coefficient (Wildman–Crippen LogP) is 1.93. The molecule has 1 heterocycles. The molecule has 5 heteroatoms. The van der Waals surface area contributed by atoms with Crippen molar-refractivity contribution in [2.45, 2.75) is 26.8 Å². The van der Waals surface area contributed by atoms with Gasteiger partial charge in [0.15, 0.2) is 0 Å². The summed E-state index contributed by atoms with van der Waals surface area (Å²) in [4.78, 5) is 12.1. The monoisotopic (exact) mass is 273 g/mol. The Morgan fingerprint density at radius 1 is 1.45 bits per heavy atom. The fourth-order valence-corrected chi connectivity index (χ4v) is 2.13. The van der Waals surface area contributed by atoms with Gasteiger partial charge in [0.05, 0.1) is 11.3 Å². The molecular weight excluding hydrogens is 254 g/mol. The van der Waals surface area contributed by atoms with Crippen LogP contribution in [0.25, 0.3) is 0 Å². The summed E-state index contributed by atoms with van der Waals surface area (Å²) in [6, 6.07) is 4.98. The predicted molar refractivity (Wildman–Crippen MR) is 76.6 cm³/mol. The molecule has 0 unspecified atom stereocenters. The number of phenols is 1. The van der Waals surface area contributed by atoms with E-state index >= 15 is 0 Å². The van der Waals surface area contributed by atoms with Gasteiger partial charge in [-0.05, 0) is 25.5 Å². The van der Waals surface area contributed by atoms with Gasteiger partial charge in [0.25, 0.3) is 5.91 Å². The minimum absolute atomic E-state index is 0.00463. The van der Waals surface area contributed by atoms with Crippen LogP contribution in [-0.2, 0) is 20.0 Å². The van der Waals surface area contributed by atoms with Crippen molar-refractivity contribution in [3.63, 3.8) is 0 Å². The number of phenolic OH excluding ortho intramolecular Hbond substituents is 1. The average molecular weight is 273 g/mol. The zero-order chi connectivity index (χ0) is 14.7. The van der Waals surface area contributed by atoms with E-state index in [1.807, 2.05) is 27.1 Å². The fourth-order valence-electron chi connectivity index (χ4n) is 2.13. The van der Waals surface area contributed by atoms with E-state index in [1.54, 1.807) is 16.8 Å². The zero-order valence-corrected chi connectivity index (χ0v) is 12.0. The first kappa shape index (κ1) is 14.1. The normalized spacial score (nSPS) is 10.6. The molecule has 0 aliphatic heterocycles. The first-order chi connectivity index (χ1) is 9.51. The lowest BCUT2D eigenvalue weighted by molar-refractivity contribution is 0.0948. The van der Waals surface area contributed by atoms with Crippen molar-refractivity contribution in [3.05, 3.63) is 46.8 Å². The molecule has 0 saturated carbocycles. The fraction of sp³-hybridized carbons (Fsp3) is 0.333. The van der Waals surface area contributed by atoms with Crippen LogP contribution in [0.4, 0.5) is 0 Å². The van der Waals surface area contributed by atoms with Gasteiger partial charge in [-0.1, -0.05) is 18.6 Å². The second-order valence-electron chi connectivity index (χ2n) is 4.83. The maximum Gasteiger partial charge on any atom is 0.255 e. The topological polar surface area (TPSA) is 67.2 Å². The minimum atomic E-state index is -0.280. The molecule has 0 bridgehead atoms. The molecule has 106 valence electrons. The van der Waals surface area contributed by atoms with Gasteiger partial charge in [-0.3, -0.25) is 9.48 Å². The number of aromatic hydroxyl groups is 1. The maximum atomic E-state index is 12.1. The SMILES string of the molecule is CCc1nn(C)cc1CNC(=O)c1cc(C)ccc1O. The van der Waals surface area contributed by atoms with Crippen molar-refractivity contribution in [1.82, 2.24) is 15.1 Å². The molecule has 0 spiro atoms. The average Bonchev–Trinajstić information content (AvgIpc) is 2.79. The number of benzene rings is 1. The highest BCUT2D eigenvalue weighted by molar-refractivity contribution is 5.96. The van der Waals surface area contributed by atoms with E-state index in [9.17, 15) is 9.90 Å². The summed E-state index contributed by atoms with van der Waals surface area (Å²) < 4.78 is 1.74. The minimum Gasteiger partial charge on any atom is -0.507 e. The number of nitrogens with one attached hydrogen (secondary N) is 1. The van der Waals surface area contributed by atoms with Crippen LogP contribution in [0.1, 0.15) is 34.1 Å². The van der Waals surface area contributed by atoms with E-state index in [-0.39, 0.29) is 11.7 Å². The van der Waals surface area contributed by atoms with E-state index < -0.39 is 0 Å². The van der Waals surface area contributed by atoms with Crippen LogP contribution >= 0.6 is 0 Å². The first-order valence-electron chi connectivity index (χ1n) is 6.60. The second-order valence-corrected chi connectivity index (χ2v) is 4.83. The van der Waals surface area contributed by atoms with Gasteiger partial charge < -0.3 is 10.4 Å². The van der Waals surface area contributed by atoms with Gasteiger partial charge in [-0.15, -0.1) is 0 Å². The van der Waals surface area contributed by atoms with E-state index in [2.05, 4.69) is 10.4 Å². The molecule has 1 aromatic heterocycles.